The second kappa shape index (κ2) is 12.1. The average molecular weight is 478 g/mol. The van der Waals surface area contributed by atoms with Gasteiger partial charge in [0.2, 0.25) is 5.91 Å². The molecule has 1 aliphatic rings. The summed E-state index contributed by atoms with van der Waals surface area (Å²) in [4.78, 5) is 30.0. The molecule has 0 bridgehead atoms. The molecule has 1 fully saturated rings. The van der Waals surface area contributed by atoms with Crippen molar-refractivity contribution in [1.29, 1.82) is 0 Å². The van der Waals surface area contributed by atoms with Gasteiger partial charge in [-0.1, -0.05) is 30.3 Å². The number of hydrogen-bond donors (Lipinski definition) is 1. The van der Waals surface area contributed by atoms with Gasteiger partial charge in [0.15, 0.2) is 0 Å². The van der Waals surface area contributed by atoms with Crippen LogP contribution in [0.15, 0.2) is 77.4 Å². The van der Waals surface area contributed by atoms with Crippen LogP contribution in [0.1, 0.15) is 24.2 Å². The fourth-order valence-electron chi connectivity index (χ4n) is 4.02. The van der Waals surface area contributed by atoms with Crippen molar-refractivity contribution in [2.75, 3.05) is 32.1 Å². The molecule has 1 aromatic heterocycles. The summed E-state index contributed by atoms with van der Waals surface area (Å²) in [6.07, 6.45) is 3.32. The van der Waals surface area contributed by atoms with E-state index in [0.717, 1.165) is 18.4 Å². The van der Waals surface area contributed by atoms with Crippen molar-refractivity contribution >= 4 is 17.6 Å². The van der Waals surface area contributed by atoms with E-state index in [2.05, 4.69) is 5.32 Å². The third-order valence-electron chi connectivity index (χ3n) is 5.90. The van der Waals surface area contributed by atoms with Gasteiger partial charge in [-0.3, -0.25) is 4.79 Å². The summed E-state index contributed by atoms with van der Waals surface area (Å²) in [6.45, 7) is 1.66. The van der Waals surface area contributed by atoms with Crippen LogP contribution in [-0.4, -0.2) is 54.6 Å². The van der Waals surface area contributed by atoms with Crippen LogP contribution in [0.3, 0.4) is 0 Å². The van der Waals surface area contributed by atoms with Crippen molar-refractivity contribution in [3.8, 4) is 5.75 Å². The molecule has 4 rings (SSSR count). The Hall–Kier alpha value is -3.78. The first-order valence-electron chi connectivity index (χ1n) is 11.8. The highest BCUT2D eigenvalue weighted by Gasteiger charge is 2.27. The molecule has 0 aliphatic carbocycles. The Morgan fingerprint density at radius 2 is 1.80 bits per heavy atom. The van der Waals surface area contributed by atoms with Crippen LogP contribution >= 0.6 is 0 Å². The predicted molar refractivity (Wildman–Crippen MR) is 132 cm³/mol. The molecule has 3 aromatic rings. The number of urea groups is 1. The molecule has 1 aliphatic heterocycles. The first kappa shape index (κ1) is 24.3. The lowest BCUT2D eigenvalue weighted by Gasteiger charge is -2.29. The summed E-state index contributed by atoms with van der Waals surface area (Å²) in [7, 11) is 1.59. The number of ether oxygens (including phenoxy) is 2. The molecule has 1 N–H and O–H groups in total. The molecule has 1 atom stereocenters. The van der Waals surface area contributed by atoms with E-state index in [0.29, 0.717) is 43.4 Å². The van der Waals surface area contributed by atoms with E-state index in [9.17, 15) is 9.59 Å². The quantitative estimate of drug-likeness (QED) is 0.464. The predicted octanol–water partition coefficient (Wildman–Crippen LogP) is 4.53. The molecule has 2 aromatic carbocycles. The number of nitrogens with one attached hydrogen (secondary N) is 1. The number of benzene rings is 2. The Morgan fingerprint density at radius 3 is 2.46 bits per heavy atom. The standard InChI is InChI=1S/C27H31N3O5/c1-33-23-13-11-22(12-14-23)28-27(32)30(19-25-10-6-16-35-25)20-26(31)29(18-24-9-5-15-34-24)17-21-7-3-2-4-8-21/h2-5,7-9,11-15,25H,6,10,16-20H2,1H3,(H,28,32). The van der Waals surface area contributed by atoms with Crippen LogP contribution in [0.5, 0.6) is 5.75 Å². The molecular weight excluding hydrogens is 446 g/mol. The van der Waals surface area contributed by atoms with Crippen LogP contribution in [-0.2, 0) is 22.6 Å². The van der Waals surface area contributed by atoms with Gasteiger partial charge in [-0.25, -0.2) is 4.79 Å². The molecule has 2 heterocycles. The maximum Gasteiger partial charge on any atom is 0.322 e. The van der Waals surface area contributed by atoms with Crippen molar-refractivity contribution in [2.45, 2.75) is 32.0 Å². The Labute approximate surface area is 205 Å². The molecule has 3 amide bonds. The number of carbonyl (C=O) groups excluding carboxylic acids is 2. The normalized spacial score (nSPS) is 14.9. The van der Waals surface area contributed by atoms with E-state index < -0.39 is 0 Å². The Morgan fingerprint density at radius 1 is 1.00 bits per heavy atom. The minimum Gasteiger partial charge on any atom is -0.497 e. The molecule has 0 radical (unpaired) electrons. The van der Waals surface area contributed by atoms with Gasteiger partial charge in [0.05, 0.1) is 26.0 Å². The number of anilines is 1. The lowest BCUT2D eigenvalue weighted by atomic mass is 10.2. The van der Waals surface area contributed by atoms with Gasteiger partial charge in [-0.05, 0) is 54.8 Å². The Bertz CT molecular complexity index is 1060. The van der Waals surface area contributed by atoms with Crippen LogP contribution in [0, 0.1) is 0 Å². The van der Waals surface area contributed by atoms with E-state index >= 15 is 0 Å². The van der Waals surface area contributed by atoms with Gasteiger partial charge in [0.25, 0.3) is 0 Å². The van der Waals surface area contributed by atoms with E-state index in [1.807, 2.05) is 36.4 Å². The largest absolute Gasteiger partial charge is 0.497 e. The van der Waals surface area contributed by atoms with Crippen LogP contribution in [0.2, 0.25) is 0 Å². The summed E-state index contributed by atoms with van der Waals surface area (Å²) < 4.78 is 16.4. The average Bonchev–Trinajstić information content (AvgIpc) is 3.59. The minimum atomic E-state index is -0.350. The number of furan rings is 1. The summed E-state index contributed by atoms with van der Waals surface area (Å²) in [6, 6.07) is 20.1. The maximum absolute atomic E-state index is 13.5. The van der Waals surface area contributed by atoms with Crippen LogP contribution < -0.4 is 10.1 Å². The SMILES string of the molecule is COc1ccc(NC(=O)N(CC(=O)N(Cc2ccccc2)Cc2ccco2)CC2CCCO2)cc1. The van der Waals surface area contributed by atoms with E-state index in [1.54, 1.807) is 48.6 Å². The van der Waals surface area contributed by atoms with Crippen molar-refractivity contribution in [3.05, 3.63) is 84.3 Å². The van der Waals surface area contributed by atoms with Crippen molar-refractivity contribution in [1.82, 2.24) is 9.80 Å². The molecular formula is C27H31N3O5. The third-order valence-corrected chi connectivity index (χ3v) is 5.90. The van der Waals surface area contributed by atoms with Crippen LogP contribution in [0.4, 0.5) is 10.5 Å². The summed E-state index contributed by atoms with van der Waals surface area (Å²) >= 11 is 0. The van der Waals surface area contributed by atoms with E-state index in [4.69, 9.17) is 13.9 Å². The number of methoxy groups -OCH3 is 1. The number of rotatable bonds is 10. The molecule has 0 spiro atoms. The highest BCUT2D eigenvalue weighted by molar-refractivity contribution is 5.92. The van der Waals surface area contributed by atoms with Gasteiger partial charge in [0, 0.05) is 25.4 Å². The fourth-order valence-corrected chi connectivity index (χ4v) is 4.02. The lowest BCUT2D eigenvalue weighted by molar-refractivity contribution is -0.133. The van der Waals surface area contributed by atoms with E-state index in [1.165, 1.54) is 4.90 Å². The second-order valence-electron chi connectivity index (χ2n) is 8.49. The van der Waals surface area contributed by atoms with Gasteiger partial charge in [-0.15, -0.1) is 0 Å². The van der Waals surface area contributed by atoms with Gasteiger partial charge in [0.1, 0.15) is 18.1 Å². The summed E-state index contributed by atoms with van der Waals surface area (Å²) in [5.41, 5.74) is 1.62. The third kappa shape index (κ3) is 7.10. The Kier molecular flexibility index (Phi) is 8.40. The smallest absolute Gasteiger partial charge is 0.322 e. The summed E-state index contributed by atoms with van der Waals surface area (Å²) in [5.74, 6) is 1.21. The van der Waals surface area contributed by atoms with Gasteiger partial charge in [-0.2, -0.15) is 0 Å². The molecule has 8 heteroatoms. The van der Waals surface area contributed by atoms with Crippen molar-refractivity contribution < 1.29 is 23.5 Å². The zero-order valence-corrected chi connectivity index (χ0v) is 19.9. The van der Waals surface area contributed by atoms with Gasteiger partial charge < -0.3 is 29.0 Å². The highest BCUT2D eigenvalue weighted by Crippen LogP contribution is 2.18. The van der Waals surface area contributed by atoms with E-state index in [-0.39, 0.29) is 24.6 Å². The van der Waals surface area contributed by atoms with Crippen LogP contribution in [0.25, 0.3) is 0 Å². The number of carbonyl (C=O) groups is 2. The zero-order valence-electron chi connectivity index (χ0n) is 19.9. The molecule has 0 saturated carbocycles. The number of nitrogens with zero attached hydrogens (tertiary/aromatic N) is 2. The zero-order chi connectivity index (χ0) is 24.5. The Balaban J connectivity index is 1.49. The molecule has 1 saturated heterocycles. The summed E-state index contributed by atoms with van der Waals surface area (Å²) in [5, 5.41) is 2.89. The lowest BCUT2D eigenvalue weighted by Crippen LogP contribution is -2.46. The monoisotopic (exact) mass is 477 g/mol. The maximum atomic E-state index is 13.5. The highest BCUT2D eigenvalue weighted by atomic mass is 16.5. The fraction of sp³-hybridized carbons (Fsp3) is 0.333. The number of amides is 3. The molecule has 1 unspecified atom stereocenters. The number of hydrogen-bond acceptors (Lipinski definition) is 5. The molecule has 35 heavy (non-hydrogen) atoms. The first-order chi connectivity index (χ1) is 17.1. The molecule has 8 nitrogen and oxygen atoms in total. The van der Waals surface area contributed by atoms with Crippen molar-refractivity contribution in [2.24, 2.45) is 0 Å². The van der Waals surface area contributed by atoms with Crippen molar-refractivity contribution in [3.63, 3.8) is 0 Å². The topological polar surface area (TPSA) is 84.3 Å². The van der Waals surface area contributed by atoms with Gasteiger partial charge >= 0.3 is 6.03 Å². The second-order valence-corrected chi connectivity index (χ2v) is 8.49. The molecule has 184 valence electrons. The minimum absolute atomic E-state index is 0.0740. The first-order valence-corrected chi connectivity index (χ1v) is 11.8.